The number of rotatable bonds is 4. The Morgan fingerprint density at radius 1 is 1.00 bits per heavy atom. The van der Waals surface area contributed by atoms with E-state index < -0.39 is 0 Å². The second-order valence-corrected chi connectivity index (χ2v) is 3.72. The lowest BCUT2D eigenvalue weighted by atomic mass is 10.1. The van der Waals surface area contributed by atoms with Crippen LogP contribution in [0.3, 0.4) is 0 Å². The van der Waals surface area contributed by atoms with Gasteiger partial charge in [-0.3, -0.25) is 0 Å². The van der Waals surface area contributed by atoms with Crippen LogP contribution >= 0.6 is 0 Å². The lowest BCUT2D eigenvalue weighted by molar-refractivity contribution is 0.442. The summed E-state index contributed by atoms with van der Waals surface area (Å²) < 4.78 is 18.8. The lowest BCUT2D eigenvalue weighted by Crippen LogP contribution is -2.02. The summed E-state index contributed by atoms with van der Waals surface area (Å²) in [5.74, 6) is 0.494. The van der Waals surface area contributed by atoms with E-state index >= 15 is 0 Å². The Labute approximate surface area is 99.8 Å². The van der Waals surface area contributed by atoms with E-state index in [9.17, 15) is 4.39 Å². The fraction of sp³-hybridized carbons (Fsp3) is 0.143. The first-order valence-corrected chi connectivity index (χ1v) is 5.51. The first kappa shape index (κ1) is 11.6. The van der Waals surface area contributed by atoms with E-state index in [0.717, 1.165) is 12.0 Å². The Bertz CT molecular complexity index is 482. The highest BCUT2D eigenvalue weighted by Crippen LogP contribution is 2.24. The van der Waals surface area contributed by atoms with Gasteiger partial charge in [0, 0.05) is 0 Å². The third-order valence-corrected chi connectivity index (χ3v) is 2.42. The van der Waals surface area contributed by atoms with Gasteiger partial charge in [-0.25, -0.2) is 4.39 Å². The largest absolute Gasteiger partial charge is 0.454 e. The van der Waals surface area contributed by atoms with Crippen LogP contribution in [-0.4, -0.2) is 6.54 Å². The molecule has 2 N–H and O–H groups in total. The molecular formula is C14H14FNO. The normalized spacial score (nSPS) is 10.2. The molecule has 0 aromatic heterocycles. The molecule has 0 saturated heterocycles. The van der Waals surface area contributed by atoms with E-state index in [1.165, 1.54) is 6.07 Å². The number of hydrogen-bond acceptors (Lipinski definition) is 2. The monoisotopic (exact) mass is 231 g/mol. The van der Waals surface area contributed by atoms with Gasteiger partial charge >= 0.3 is 0 Å². The molecule has 0 radical (unpaired) electrons. The zero-order valence-corrected chi connectivity index (χ0v) is 9.40. The fourth-order valence-electron chi connectivity index (χ4n) is 1.55. The van der Waals surface area contributed by atoms with E-state index in [4.69, 9.17) is 10.5 Å². The Morgan fingerprint density at radius 2 is 1.71 bits per heavy atom. The quantitative estimate of drug-likeness (QED) is 0.877. The molecule has 0 bridgehead atoms. The van der Waals surface area contributed by atoms with Gasteiger partial charge in [0.25, 0.3) is 0 Å². The highest BCUT2D eigenvalue weighted by Gasteiger charge is 2.02. The highest BCUT2D eigenvalue weighted by atomic mass is 19.1. The van der Waals surface area contributed by atoms with E-state index in [-0.39, 0.29) is 11.6 Å². The molecule has 2 rings (SSSR count). The van der Waals surface area contributed by atoms with Gasteiger partial charge < -0.3 is 10.5 Å². The maximum Gasteiger partial charge on any atom is 0.165 e. The summed E-state index contributed by atoms with van der Waals surface area (Å²) in [6.07, 6.45) is 0.833. The zero-order valence-electron chi connectivity index (χ0n) is 9.40. The molecule has 0 atom stereocenters. The van der Waals surface area contributed by atoms with Crippen molar-refractivity contribution in [2.75, 3.05) is 6.54 Å². The molecule has 0 unspecified atom stereocenters. The zero-order chi connectivity index (χ0) is 12.1. The average molecular weight is 231 g/mol. The fourth-order valence-corrected chi connectivity index (χ4v) is 1.55. The molecule has 88 valence electrons. The molecule has 3 heteroatoms. The van der Waals surface area contributed by atoms with Crippen molar-refractivity contribution >= 4 is 0 Å². The van der Waals surface area contributed by atoms with E-state index in [1.54, 1.807) is 18.2 Å². The smallest absolute Gasteiger partial charge is 0.165 e. The van der Waals surface area contributed by atoms with Gasteiger partial charge in [0.1, 0.15) is 5.75 Å². The predicted molar refractivity (Wildman–Crippen MR) is 65.7 cm³/mol. The number of benzene rings is 2. The van der Waals surface area contributed by atoms with Crippen molar-refractivity contribution in [3.8, 4) is 11.5 Å². The van der Waals surface area contributed by atoms with Gasteiger partial charge in [0.15, 0.2) is 11.6 Å². The number of ether oxygens (including phenoxy) is 1. The van der Waals surface area contributed by atoms with E-state index in [2.05, 4.69) is 0 Å². The van der Waals surface area contributed by atoms with Crippen molar-refractivity contribution in [2.24, 2.45) is 5.73 Å². The summed E-state index contributed by atoms with van der Waals surface area (Å²) in [5, 5.41) is 0. The average Bonchev–Trinajstić information content (AvgIpc) is 2.35. The topological polar surface area (TPSA) is 35.2 Å². The molecular weight excluding hydrogens is 217 g/mol. The number of para-hydroxylation sites is 1. The van der Waals surface area contributed by atoms with Gasteiger partial charge in [-0.1, -0.05) is 24.3 Å². The van der Waals surface area contributed by atoms with Crippen LogP contribution in [0.25, 0.3) is 0 Å². The Hall–Kier alpha value is -1.87. The molecule has 0 aliphatic carbocycles. The first-order chi connectivity index (χ1) is 8.29. The standard InChI is InChI=1S/C14H14FNO/c15-13-3-1-2-4-14(13)17-12-7-5-11(6-8-12)9-10-16/h1-8H,9-10,16H2. The molecule has 0 amide bonds. The Morgan fingerprint density at radius 3 is 2.35 bits per heavy atom. The van der Waals surface area contributed by atoms with Crippen LogP contribution in [0.5, 0.6) is 11.5 Å². The lowest BCUT2D eigenvalue weighted by Gasteiger charge is -2.07. The Kier molecular flexibility index (Phi) is 3.73. The molecule has 2 aromatic rings. The summed E-state index contributed by atoms with van der Waals surface area (Å²) in [5.41, 5.74) is 6.61. The molecule has 2 nitrogen and oxygen atoms in total. The Balaban J connectivity index is 2.11. The van der Waals surface area contributed by atoms with Crippen molar-refractivity contribution in [3.05, 3.63) is 59.9 Å². The number of nitrogens with two attached hydrogens (primary N) is 1. The second kappa shape index (κ2) is 5.46. The van der Waals surface area contributed by atoms with Crippen molar-refractivity contribution in [1.82, 2.24) is 0 Å². The molecule has 17 heavy (non-hydrogen) atoms. The van der Waals surface area contributed by atoms with Crippen LogP contribution in [0.4, 0.5) is 4.39 Å². The van der Waals surface area contributed by atoms with Crippen molar-refractivity contribution in [2.45, 2.75) is 6.42 Å². The molecule has 0 heterocycles. The summed E-state index contributed by atoms with van der Waals surface area (Å²) in [6.45, 7) is 0.619. The van der Waals surface area contributed by atoms with Gasteiger partial charge in [0.05, 0.1) is 0 Å². The van der Waals surface area contributed by atoms with Gasteiger partial charge in [0.2, 0.25) is 0 Å². The van der Waals surface area contributed by atoms with Gasteiger partial charge in [-0.05, 0) is 42.8 Å². The van der Waals surface area contributed by atoms with Crippen molar-refractivity contribution in [3.63, 3.8) is 0 Å². The summed E-state index contributed by atoms with van der Waals surface area (Å²) >= 11 is 0. The van der Waals surface area contributed by atoms with Crippen LogP contribution in [0, 0.1) is 5.82 Å². The van der Waals surface area contributed by atoms with E-state index in [1.807, 2.05) is 24.3 Å². The van der Waals surface area contributed by atoms with Crippen LogP contribution < -0.4 is 10.5 Å². The van der Waals surface area contributed by atoms with E-state index in [0.29, 0.717) is 12.3 Å². The maximum absolute atomic E-state index is 13.3. The highest BCUT2D eigenvalue weighted by molar-refractivity contribution is 5.33. The predicted octanol–water partition coefficient (Wildman–Crippen LogP) is 3.12. The molecule has 0 saturated carbocycles. The summed E-state index contributed by atoms with van der Waals surface area (Å²) in [4.78, 5) is 0. The SMILES string of the molecule is NCCc1ccc(Oc2ccccc2F)cc1. The first-order valence-electron chi connectivity index (χ1n) is 5.51. The minimum Gasteiger partial charge on any atom is -0.454 e. The molecule has 2 aromatic carbocycles. The van der Waals surface area contributed by atoms with Crippen LogP contribution in [0.15, 0.2) is 48.5 Å². The summed E-state index contributed by atoms with van der Waals surface area (Å²) in [7, 11) is 0. The number of halogens is 1. The van der Waals surface area contributed by atoms with Crippen molar-refractivity contribution in [1.29, 1.82) is 0 Å². The van der Waals surface area contributed by atoms with Gasteiger partial charge in [-0.2, -0.15) is 0 Å². The van der Waals surface area contributed by atoms with Crippen LogP contribution in [0.1, 0.15) is 5.56 Å². The molecule has 0 aliphatic heterocycles. The minimum absolute atomic E-state index is 0.235. The molecule has 0 spiro atoms. The third-order valence-electron chi connectivity index (χ3n) is 2.42. The van der Waals surface area contributed by atoms with Crippen LogP contribution in [-0.2, 0) is 6.42 Å². The van der Waals surface area contributed by atoms with Crippen molar-refractivity contribution < 1.29 is 9.13 Å². The molecule has 0 fully saturated rings. The second-order valence-electron chi connectivity index (χ2n) is 3.72. The third kappa shape index (κ3) is 3.04. The van der Waals surface area contributed by atoms with Crippen LogP contribution in [0.2, 0.25) is 0 Å². The summed E-state index contributed by atoms with van der Waals surface area (Å²) in [6, 6.07) is 13.8. The van der Waals surface area contributed by atoms with Gasteiger partial charge in [-0.15, -0.1) is 0 Å². The number of hydrogen-bond donors (Lipinski definition) is 1. The molecule has 0 aliphatic rings. The minimum atomic E-state index is -0.362. The maximum atomic E-state index is 13.3.